The predicted molar refractivity (Wildman–Crippen MR) is 110 cm³/mol. The first-order valence-corrected chi connectivity index (χ1v) is 11.4. The molecule has 0 spiro atoms. The molecule has 0 amide bonds. The number of anilines is 1. The van der Waals surface area contributed by atoms with E-state index >= 15 is 0 Å². The maximum atomic E-state index is 13.2. The Morgan fingerprint density at radius 2 is 2.12 bits per heavy atom. The standard InChI is InChI=1S/C19H19N6O7P/c20-7-10-2-1-3-11(6-10)12-4-5-29-33(28,31-12)32-19-15(27)14(26)18(30-19)25-9-24-13-16(21)22-8-23-17(13)25/h1-3,6,8-9,12,14-15,18-19,26-27H,4-5H2,(H2,21,22,23)/t12-,14+,15-,18+,19?,33?/m0/s1. The lowest BCUT2D eigenvalue weighted by Crippen LogP contribution is -2.33. The monoisotopic (exact) mass is 474 g/mol. The Kier molecular flexibility index (Phi) is 5.59. The highest BCUT2D eigenvalue weighted by atomic mass is 31.2. The summed E-state index contributed by atoms with van der Waals surface area (Å²) in [5.41, 5.74) is 7.41. The summed E-state index contributed by atoms with van der Waals surface area (Å²) in [6.45, 7) is 0.0515. The fourth-order valence-corrected chi connectivity index (χ4v) is 5.20. The van der Waals surface area contributed by atoms with Crippen molar-refractivity contribution in [1.29, 1.82) is 5.26 Å². The molecule has 2 saturated heterocycles. The van der Waals surface area contributed by atoms with Crippen molar-refractivity contribution in [1.82, 2.24) is 19.5 Å². The third-order valence-electron chi connectivity index (χ3n) is 5.36. The molecule has 3 aromatic rings. The van der Waals surface area contributed by atoms with Crippen molar-refractivity contribution in [3.63, 3.8) is 0 Å². The number of hydrogen-bond donors (Lipinski definition) is 3. The molecule has 4 heterocycles. The lowest BCUT2D eigenvalue weighted by Gasteiger charge is -2.30. The summed E-state index contributed by atoms with van der Waals surface area (Å²) < 4.78 is 36.4. The van der Waals surface area contributed by atoms with Gasteiger partial charge in [0, 0.05) is 6.42 Å². The summed E-state index contributed by atoms with van der Waals surface area (Å²) in [7, 11) is -4.18. The van der Waals surface area contributed by atoms with Crippen molar-refractivity contribution in [2.75, 3.05) is 12.3 Å². The molecule has 2 aliphatic rings. The van der Waals surface area contributed by atoms with Crippen LogP contribution in [0.15, 0.2) is 36.9 Å². The second kappa shape index (κ2) is 8.44. The molecule has 2 aromatic heterocycles. The van der Waals surface area contributed by atoms with E-state index in [0.717, 1.165) is 0 Å². The number of rotatable bonds is 4. The van der Waals surface area contributed by atoms with Crippen LogP contribution < -0.4 is 5.73 Å². The Bertz CT molecular complexity index is 1280. The number of phosphoric ester groups is 1. The van der Waals surface area contributed by atoms with E-state index in [2.05, 4.69) is 15.0 Å². The summed E-state index contributed by atoms with van der Waals surface area (Å²) in [6, 6.07) is 8.73. The van der Waals surface area contributed by atoms with E-state index < -0.39 is 38.7 Å². The highest BCUT2D eigenvalue weighted by molar-refractivity contribution is 7.48. The number of fused-ring (bicyclic) bond motifs is 1. The highest BCUT2D eigenvalue weighted by Gasteiger charge is 2.50. The van der Waals surface area contributed by atoms with Gasteiger partial charge >= 0.3 is 7.82 Å². The first kappa shape index (κ1) is 21.9. The number of benzene rings is 1. The van der Waals surface area contributed by atoms with Crippen LogP contribution in [0, 0.1) is 11.3 Å². The van der Waals surface area contributed by atoms with E-state index in [-0.39, 0.29) is 18.1 Å². The number of imidazole rings is 1. The SMILES string of the molecule is N#Cc1cccc([C@@H]2CCOP(=O)(OC3O[C@@H](n4cnc5c(N)ncnc54)[C@H](O)[C@@H]3O)O2)c1. The zero-order chi connectivity index (χ0) is 23.2. The van der Waals surface area contributed by atoms with Crippen LogP contribution in [-0.4, -0.2) is 54.8 Å². The molecule has 33 heavy (non-hydrogen) atoms. The van der Waals surface area contributed by atoms with E-state index in [1.807, 2.05) is 6.07 Å². The van der Waals surface area contributed by atoms with Gasteiger partial charge in [0.15, 0.2) is 24.0 Å². The molecule has 0 radical (unpaired) electrons. The molecule has 13 nitrogen and oxygen atoms in total. The molecular weight excluding hydrogens is 455 g/mol. The number of nitrogens with zero attached hydrogens (tertiary/aromatic N) is 5. The zero-order valence-electron chi connectivity index (χ0n) is 17.0. The first-order valence-electron chi connectivity index (χ1n) is 9.94. The van der Waals surface area contributed by atoms with Gasteiger partial charge < -0.3 is 20.7 Å². The lowest BCUT2D eigenvalue weighted by atomic mass is 10.0. The van der Waals surface area contributed by atoms with Crippen LogP contribution in [0.5, 0.6) is 0 Å². The van der Waals surface area contributed by atoms with Gasteiger partial charge in [0.25, 0.3) is 0 Å². The van der Waals surface area contributed by atoms with Crippen LogP contribution >= 0.6 is 7.82 Å². The normalized spacial score (nSPS) is 32.1. The van der Waals surface area contributed by atoms with Crippen LogP contribution in [0.4, 0.5) is 5.82 Å². The minimum atomic E-state index is -4.18. The van der Waals surface area contributed by atoms with Crippen LogP contribution in [-0.2, 0) is 22.9 Å². The van der Waals surface area contributed by atoms with E-state index in [1.54, 1.807) is 24.3 Å². The molecule has 2 unspecified atom stereocenters. The highest BCUT2D eigenvalue weighted by Crippen LogP contribution is 2.59. The Morgan fingerprint density at radius 3 is 2.94 bits per heavy atom. The van der Waals surface area contributed by atoms with Gasteiger partial charge in [-0.05, 0) is 17.7 Å². The number of ether oxygens (including phenoxy) is 1. The number of aliphatic hydroxyl groups excluding tert-OH is 2. The molecule has 0 saturated carbocycles. The van der Waals surface area contributed by atoms with Crippen molar-refractivity contribution in [2.45, 2.75) is 37.3 Å². The molecule has 2 aliphatic heterocycles. The van der Waals surface area contributed by atoms with Crippen LogP contribution in [0.25, 0.3) is 11.2 Å². The van der Waals surface area contributed by atoms with Gasteiger partial charge in [-0.1, -0.05) is 12.1 Å². The van der Waals surface area contributed by atoms with Crippen LogP contribution in [0.3, 0.4) is 0 Å². The molecule has 5 rings (SSSR count). The smallest absolute Gasteiger partial charge is 0.385 e. The van der Waals surface area contributed by atoms with Crippen molar-refractivity contribution >= 4 is 24.8 Å². The van der Waals surface area contributed by atoms with Crippen molar-refractivity contribution < 1.29 is 33.1 Å². The summed E-state index contributed by atoms with van der Waals surface area (Å²) in [6.07, 6.45) is -3.47. The lowest BCUT2D eigenvalue weighted by molar-refractivity contribution is -0.144. The van der Waals surface area contributed by atoms with Gasteiger partial charge in [-0.15, -0.1) is 0 Å². The summed E-state index contributed by atoms with van der Waals surface area (Å²) >= 11 is 0. The van der Waals surface area contributed by atoms with Gasteiger partial charge in [-0.25, -0.2) is 19.5 Å². The fourth-order valence-electron chi connectivity index (χ4n) is 3.73. The summed E-state index contributed by atoms with van der Waals surface area (Å²) in [5.74, 6) is 0.138. The molecule has 1 aromatic carbocycles. The van der Waals surface area contributed by atoms with E-state index in [9.17, 15) is 14.8 Å². The maximum Gasteiger partial charge on any atom is 0.477 e. The number of nitrogen functional groups attached to an aromatic ring is 1. The molecule has 0 aliphatic carbocycles. The van der Waals surface area contributed by atoms with Crippen molar-refractivity contribution in [3.05, 3.63) is 48.0 Å². The molecule has 4 N–H and O–H groups in total. The first-order chi connectivity index (χ1) is 15.9. The van der Waals surface area contributed by atoms with Crippen molar-refractivity contribution in [3.8, 4) is 6.07 Å². The molecule has 14 heteroatoms. The molecule has 2 fully saturated rings. The molecule has 172 valence electrons. The van der Waals surface area contributed by atoms with Gasteiger partial charge in [-0.2, -0.15) is 5.26 Å². The number of phosphoric acid groups is 1. The number of nitriles is 1. The van der Waals surface area contributed by atoms with E-state index in [4.69, 9.17) is 29.3 Å². The Morgan fingerprint density at radius 1 is 1.27 bits per heavy atom. The minimum absolute atomic E-state index is 0.0515. The third-order valence-corrected chi connectivity index (χ3v) is 6.84. The van der Waals surface area contributed by atoms with Crippen molar-refractivity contribution in [2.24, 2.45) is 0 Å². The fraction of sp³-hybridized carbons (Fsp3) is 0.368. The largest absolute Gasteiger partial charge is 0.477 e. The van der Waals surface area contributed by atoms with Gasteiger partial charge in [0.2, 0.25) is 0 Å². The van der Waals surface area contributed by atoms with Crippen LogP contribution in [0.1, 0.15) is 29.9 Å². The molecular formula is C19H19N6O7P. The zero-order valence-corrected chi connectivity index (χ0v) is 17.9. The third kappa shape index (κ3) is 3.98. The van der Waals surface area contributed by atoms with Gasteiger partial charge in [-0.3, -0.25) is 18.1 Å². The number of aliphatic hydroxyl groups is 2. The van der Waals surface area contributed by atoms with Crippen LogP contribution in [0.2, 0.25) is 0 Å². The predicted octanol–water partition coefficient (Wildman–Crippen LogP) is 1.16. The average Bonchev–Trinajstić information content (AvgIpc) is 3.36. The Labute approximate surface area is 186 Å². The number of nitrogens with two attached hydrogens (primary N) is 1. The second-order valence-electron chi connectivity index (χ2n) is 7.47. The summed E-state index contributed by atoms with van der Waals surface area (Å²) in [5, 5.41) is 30.1. The number of hydrogen-bond acceptors (Lipinski definition) is 12. The molecule has 0 bridgehead atoms. The Balaban J connectivity index is 1.35. The quantitative estimate of drug-likeness (QED) is 0.458. The maximum absolute atomic E-state index is 13.2. The average molecular weight is 474 g/mol. The topological polar surface area (TPSA) is 188 Å². The van der Waals surface area contributed by atoms with E-state index in [1.165, 1.54) is 17.2 Å². The second-order valence-corrected chi connectivity index (χ2v) is 9.04. The van der Waals surface area contributed by atoms with Gasteiger partial charge in [0.1, 0.15) is 24.1 Å². The van der Waals surface area contributed by atoms with Gasteiger partial charge in [0.05, 0.1) is 30.7 Å². The number of aromatic nitrogens is 4. The van der Waals surface area contributed by atoms with E-state index in [0.29, 0.717) is 23.1 Å². The summed E-state index contributed by atoms with van der Waals surface area (Å²) in [4.78, 5) is 12.0. The molecule has 6 atom stereocenters. The Hall–Kier alpha value is -2.95. The minimum Gasteiger partial charge on any atom is -0.385 e.